The molecule has 120 valence electrons. The maximum atomic E-state index is 11.9. The van der Waals surface area contributed by atoms with Crippen molar-refractivity contribution in [2.24, 2.45) is 10.9 Å². The molecule has 6 heteroatoms. The Morgan fingerprint density at radius 2 is 2.04 bits per heavy atom. The van der Waals surface area contributed by atoms with E-state index in [4.69, 9.17) is 22.2 Å². The molecule has 0 unspecified atom stereocenters. The molecule has 2 rings (SSSR count). The highest BCUT2D eigenvalue weighted by atomic mass is 35.5. The quantitative estimate of drug-likeness (QED) is 0.501. The number of nitrogens with one attached hydrogen (secondary N) is 1. The molecule has 0 aliphatic heterocycles. The van der Waals surface area contributed by atoms with Crippen LogP contribution in [0.25, 0.3) is 0 Å². The molecule has 0 fully saturated rings. The fourth-order valence-corrected chi connectivity index (χ4v) is 2.19. The van der Waals surface area contributed by atoms with Crippen LogP contribution in [0.1, 0.15) is 16.7 Å². The summed E-state index contributed by atoms with van der Waals surface area (Å²) in [6, 6.07) is 12.7. The van der Waals surface area contributed by atoms with Gasteiger partial charge in [-0.3, -0.25) is 4.79 Å². The first-order chi connectivity index (χ1) is 11.0. The Hall–Kier alpha value is -2.53. The molecule has 0 atom stereocenters. The fraction of sp³-hybridized carbons (Fsp3) is 0.176. The molecule has 0 bridgehead atoms. The molecule has 0 aromatic heterocycles. The number of aryl methyl sites for hydroxylation is 2. The second-order valence-electron chi connectivity index (χ2n) is 5.13. The van der Waals surface area contributed by atoms with E-state index in [1.807, 2.05) is 32.0 Å². The molecular formula is C17H18ClN3O2. The summed E-state index contributed by atoms with van der Waals surface area (Å²) in [4.78, 5) is 16.8. The standard InChI is InChI=1S/C17H18ClN3O2/c1-11-6-7-15(12(2)8-11)20-16(22)10-23-21-17(19)13-4-3-5-14(18)9-13/h3-9H,10H2,1-2H3,(H2,19,21)(H,20,22). The van der Waals surface area contributed by atoms with Crippen molar-refractivity contribution in [1.29, 1.82) is 0 Å². The van der Waals surface area contributed by atoms with Gasteiger partial charge in [-0.15, -0.1) is 0 Å². The molecular weight excluding hydrogens is 314 g/mol. The number of rotatable bonds is 5. The van der Waals surface area contributed by atoms with Gasteiger partial charge in [-0.25, -0.2) is 0 Å². The zero-order valence-electron chi connectivity index (χ0n) is 13.0. The lowest BCUT2D eigenvalue weighted by Gasteiger charge is -2.08. The van der Waals surface area contributed by atoms with Gasteiger partial charge in [0.2, 0.25) is 0 Å². The van der Waals surface area contributed by atoms with Crippen molar-refractivity contribution in [3.05, 3.63) is 64.2 Å². The van der Waals surface area contributed by atoms with E-state index in [0.29, 0.717) is 10.6 Å². The topological polar surface area (TPSA) is 76.7 Å². The Bertz CT molecular complexity index is 744. The number of hydrogen-bond donors (Lipinski definition) is 2. The van der Waals surface area contributed by atoms with Crippen LogP contribution in [0.2, 0.25) is 5.02 Å². The molecule has 0 aliphatic carbocycles. The third kappa shape index (κ3) is 5.00. The van der Waals surface area contributed by atoms with Crippen molar-refractivity contribution in [2.45, 2.75) is 13.8 Å². The number of amidine groups is 1. The summed E-state index contributed by atoms with van der Waals surface area (Å²) in [7, 11) is 0. The summed E-state index contributed by atoms with van der Waals surface area (Å²) in [6.07, 6.45) is 0. The predicted molar refractivity (Wildman–Crippen MR) is 92.7 cm³/mol. The van der Waals surface area contributed by atoms with Crippen LogP contribution in [-0.2, 0) is 9.63 Å². The number of oxime groups is 1. The van der Waals surface area contributed by atoms with Crippen LogP contribution in [0.3, 0.4) is 0 Å². The van der Waals surface area contributed by atoms with Crippen molar-refractivity contribution < 1.29 is 9.63 Å². The van der Waals surface area contributed by atoms with Crippen LogP contribution in [0.4, 0.5) is 5.69 Å². The van der Waals surface area contributed by atoms with Crippen molar-refractivity contribution in [2.75, 3.05) is 11.9 Å². The summed E-state index contributed by atoms with van der Waals surface area (Å²) in [5.41, 5.74) is 9.28. The van der Waals surface area contributed by atoms with Gasteiger partial charge in [0.15, 0.2) is 12.4 Å². The van der Waals surface area contributed by atoms with Gasteiger partial charge in [-0.05, 0) is 37.6 Å². The lowest BCUT2D eigenvalue weighted by atomic mass is 10.1. The molecule has 1 amide bonds. The van der Waals surface area contributed by atoms with E-state index in [2.05, 4.69) is 10.5 Å². The van der Waals surface area contributed by atoms with E-state index >= 15 is 0 Å². The normalized spacial score (nSPS) is 11.2. The van der Waals surface area contributed by atoms with Gasteiger partial charge >= 0.3 is 0 Å². The van der Waals surface area contributed by atoms with Gasteiger partial charge in [-0.2, -0.15) is 0 Å². The highest BCUT2D eigenvalue weighted by Gasteiger charge is 2.06. The predicted octanol–water partition coefficient (Wildman–Crippen LogP) is 3.23. The summed E-state index contributed by atoms with van der Waals surface area (Å²) < 4.78 is 0. The smallest absolute Gasteiger partial charge is 0.265 e. The third-order valence-electron chi connectivity index (χ3n) is 3.13. The minimum absolute atomic E-state index is 0.159. The first kappa shape index (κ1) is 16.8. The number of halogens is 1. The van der Waals surface area contributed by atoms with Crippen LogP contribution in [0, 0.1) is 13.8 Å². The number of hydrogen-bond acceptors (Lipinski definition) is 3. The number of carbonyl (C=O) groups is 1. The first-order valence-electron chi connectivity index (χ1n) is 7.04. The average molecular weight is 332 g/mol. The fourth-order valence-electron chi connectivity index (χ4n) is 2.00. The van der Waals surface area contributed by atoms with Gasteiger partial charge < -0.3 is 15.9 Å². The molecule has 2 aromatic rings. The molecule has 23 heavy (non-hydrogen) atoms. The van der Waals surface area contributed by atoms with Crippen molar-refractivity contribution in [3.8, 4) is 0 Å². The number of amides is 1. The molecule has 2 aromatic carbocycles. The van der Waals surface area contributed by atoms with Crippen molar-refractivity contribution in [1.82, 2.24) is 0 Å². The Kier molecular flexibility index (Phi) is 5.60. The summed E-state index contributed by atoms with van der Waals surface area (Å²) in [6.45, 7) is 3.70. The number of nitrogens with zero attached hydrogens (tertiary/aromatic N) is 1. The van der Waals surface area contributed by atoms with Crippen LogP contribution < -0.4 is 11.1 Å². The molecule has 0 saturated heterocycles. The number of benzene rings is 2. The van der Waals surface area contributed by atoms with Crippen molar-refractivity contribution in [3.63, 3.8) is 0 Å². The van der Waals surface area contributed by atoms with Crippen LogP contribution in [0.5, 0.6) is 0 Å². The van der Waals surface area contributed by atoms with Gasteiger partial charge in [0, 0.05) is 16.3 Å². The Morgan fingerprint density at radius 1 is 1.26 bits per heavy atom. The maximum Gasteiger partial charge on any atom is 0.265 e. The molecule has 0 heterocycles. The van der Waals surface area contributed by atoms with Crippen LogP contribution in [0.15, 0.2) is 47.6 Å². The Morgan fingerprint density at radius 3 is 2.74 bits per heavy atom. The molecule has 0 aliphatic rings. The van der Waals surface area contributed by atoms with E-state index in [-0.39, 0.29) is 18.3 Å². The highest BCUT2D eigenvalue weighted by molar-refractivity contribution is 6.31. The minimum atomic E-state index is -0.306. The zero-order chi connectivity index (χ0) is 16.8. The van der Waals surface area contributed by atoms with E-state index in [1.54, 1.807) is 24.3 Å². The van der Waals surface area contributed by atoms with Gasteiger partial charge in [0.1, 0.15) is 0 Å². The highest BCUT2D eigenvalue weighted by Crippen LogP contribution is 2.15. The Labute approximate surface area is 140 Å². The van der Waals surface area contributed by atoms with Gasteiger partial charge in [-0.1, -0.05) is 46.6 Å². The van der Waals surface area contributed by atoms with E-state index in [1.165, 1.54) is 0 Å². The van der Waals surface area contributed by atoms with Crippen LogP contribution in [-0.4, -0.2) is 18.3 Å². The molecule has 5 nitrogen and oxygen atoms in total. The third-order valence-corrected chi connectivity index (χ3v) is 3.37. The number of nitrogens with two attached hydrogens (primary N) is 1. The average Bonchev–Trinajstić information content (AvgIpc) is 2.50. The molecule has 3 N–H and O–H groups in total. The van der Waals surface area contributed by atoms with Crippen LogP contribution >= 0.6 is 11.6 Å². The molecule has 0 radical (unpaired) electrons. The molecule has 0 spiro atoms. The largest absolute Gasteiger partial charge is 0.384 e. The van der Waals surface area contributed by atoms with Gasteiger partial charge in [0.25, 0.3) is 5.91 Å². The first-order valence-corrected chi connectivity index (χ1v) is 7.42. The summed E-state index contributed by atoms with van der Waals surface area (Å²) in [5.74, 6) is -0.147. The van der Waals surface area contributed by atoms with Crippen molar-refractivity contribution >= 4 is 29.0 Å². The monoisotopic (exact) mass is 331 g/mol. The lowest BCUT2D eigenvalue weighted by molar-refractivity contribution is -0.120. The van der Waals surface area contributed by atoms with E-state index < -0.39 is 0 Å². The summed E-state index contributed by atoms with van der Waals surface area (Å²) in [5, 5.41) is 7.04. The van der Waals surface area contributed by atoms with Gasteiger partial charge in [0.05, 0.1) is 0 Å². The van der Waals surface area contributed by atoms with E-state index in [0.717, 1.165) is 16.8 Å². The Balaban J connectivity index is 1.90. The SMILES string of the molecule is Cc1ccc(NC(=O)CO/N=C(/N)c2cccc(Cl)c2)c(C)c1. The second-order valence-corrected chi connectivity index (χ2v) is 5.56. The summed E-state index contributed by atoms with van der Waals surface area (Å²) >= 11 is 5.87. The lowest BCUT2D eigenvalue weighted by Crippen LogP contribution is -2.19. The number of anilines is 1. The maximum absolute atomic E-state index is 11.9. The molecule has 0 saturated carbocycles. The minimum Gasteiger partial charge on any atom is -0.384 e. The number of carbonyl (C=O) groups excluding carboxylic acids is 1. The zero-order valence-corrected chi connectivity index (χ0v) is 13.7. The van der Waals surface area contributed by atoms with E-state index in [9.17, 15) is 4.79 Å². The second kappa shape index (κ2) is 7.65.